The quantitative estimate of drug-likeness (QED) is 0.744. The van der Waals surface area contributed by atoms with Gasteiger partial charge >= 0.3 is 0 Å². The van der Waals surface area contributed by atoms with E-state index in [2.05, 4.69) is 45.7 Å². The number of anilines is 1. The molecular formula is C16H17N3. The number of fused-ring (bicyclic) bond motifs is 1. The third kappa shape index (κ3) is 2.60. The largest absolute Gasteiger partial charge is 0.370 e. The zero-order valence-corrected chi connectivity index (χ0v) is 11.0. The molecule has 0 atom stereocenters. The molecule has 0 aliphatic carbocycles. The molecule has 2 aromatic heterocycles. The number of nitrogens with one attached hydrogen (secondary N) is 2. The highest BCUT2D eigenvalue weighted by molar-refractivity contribution is 5.83. The fourth-order valence-corrected chi connectivity index (χ4v) is 2.31. The molecule has 19 heavy (non-hydrogen) atoms. The SMILES string of the molecule is Cc1cccc(NCCc2c[nH]c3ccccc23)n1. The normalized spacial score (nSPS) is 10.8. The van der Waals surface area contributed by atoms with E-state index in [4.69, 9.17) is 0 Å². The van der Waals surface area contributed by atoms with E-state index in [-0.39, 0.29) is 0 Å². The lowest BCUT2D eigenvalue weighted by molar-refractivity contribution is 1.01. The van der Waals surface area contributed by atoms with Crippen molar-refractivity contribution in [2.45, 2.75) is 13.3 Å². The molecule has 0 unspecified atom stereocenters. The van der Waals surface area contributed by atoms with E-state index in [0.717, 1.165) is 24.5 Å². The number of para-hydroxylation sites is 1. The number of H-pyrrole nitrogens is 1. The van der Waals surface area contributed by atoms with Gasteiger partial charge in [0.1, 0.15) is 5.82 Å². The van der Waals surface area contributed by atoms with Crippen LogP contribution < -0.4 is 5.32 Å². The monoisotopic (exact) mass is 251 g/mol. The second-order valence-corrected chi connectivity index (χ2v) is 4.70. The zero-order chi connectivity index (χ0) is 13.1. The summed E-state index contributed by atoms with van der Waals surface area (Å²) in [6.45, 7) is 2.89. The molecular weight excluding hydrogens is 234 g/mol. The van der Waals surface area contributed by atoms with Gasteiger partial charge < -0.3 is 10.3 Å². The lowest BCUT2D eigenvalue weighted by atomic mass is 10.1. The van der Waals surface area contributed by atoms with Crippen LogP contribution in [0.15, 0.2) is 48.7 Å². The minimum absolute atomic E-state index is 0.887. The summed E-state index contributed by atoms with van der Waals surface area (Å²) < 4.78 is 0. The van der Waals surface area contributed by atoms with Crippen molar-refractivity contribution >= 4 is 16.7 Å². The van der Waals surface area contributed by atoms with E-state index < -0.39 is 0 Å². The van der Waals surface area contributed by atoms with Gasteiger partial charge in [-0.15, -0.1) is 0 Å². The number of hydrogen-bond acceptors (Lipinski definition) is 2. The zero-order valence-electron chi connectivity index (χ0n) is 11.0. The van der Waals surface area contributed by atoms with Gasteiger partial charge in [-0.1, -0.05) is 24.3 Å². The molecule has 0 aliphatic heterocycles. The molecule has 3 aromatic rings. The Morgan fingerprint density at radius 3 is 2.89 bits per heavy atom. The highest BCUT2D eigenvalue weighted by Gasteiger charge is 2.02. The Balaban J connectivity index is 1.66. The van der Waals surface area contributed by atoms with Crippen LogP contribution in [0.3, 0.4) is 0 Å². The molecule has 3 rings (SSSR count). The predicted molar refractivity (Wildman–Crippen MR) is 79.5 cm³/mol. The second kappa shape index (κ2) is 5.14. The fraction of sp³-hybridized carbons (Fsp3) is 0.188. The highest BCUT2D eigenvalue weighted by atomic mass is 15.0. The van der Waals surface area contributed by atoms with Crippen molar-refractivity contribution in [1.82, 2.24) is 9.97 Å². The van der Waals surface area contributed by atoms with Crippen molar-refractivity contribution in [3.05, 3.63) is 59.9 Å². The number of benzene rings is 1. The fourth-order valence-electron chi connectivity index (χ4n) is 2.31. The van der Waals surface area contributed by atoms with Crippen LogP contribution in [-0.2, 0) is 6.42 Å². The van der Waals surface area contributed by atoms with Crippen molar-refractivity contribution in [3.8, 4) is 0 Å². The number of aromatic amines is 1. The average molecular weight is 251 g/mol. The van der Waals surface area contributed by atoms with E-state index in [1.54, 1.807) is 0 Å². The molecule has 0 radical (unpaired) electrons. The summed E-state index contributed by atoms with van der Waals surface area (Å²) in [6, 6.07) is 14.4. The van der Waals surface area contributed by atoms with Gasteiger partial charge in [0.15, 0.2) is 0 Å². The Morgan fingerprint density at radius 2 is 2.00 bits per heavy atom. The maximum Gasteiger partial charge on any atom is 0.126 e. The Bertz CT molecular complexity index is 685. The van der Waals surface area contributed by atoms with Crippen molar-refractivity contribution in [3.63, 3.8) is 0 Å². The molecule has 1 aromatic carbocycles. The molecule has 3 nitrogen and oxygen atoms in total. The molecule has 0 amide bonds. The summed E-state index contributed by atoms with van der Waals surface area (Å²) >= 11 is 0. The van der Waals surface area contributed by atoms with Crippen LogP contribution in [0.4, 0.5) is 5.82 Å². The summed E-state index contributed by atoms with van der Waals surface area (Å²) in [6.07, 6.45) is 3.08. The van der Waals surface area contributed by atoms with Gasteiger partial charge in [0.05, 0.1) is 0 Å². The number of hydrogen-bond donors (Lipinski definition) is 2. The Kier molecular flexibility index (Phi) is 3.19. The summed E-state index contributed by atoms with van der Waals surface area (Å²) in [5.74, 6) is 0.944. The van der Waals surface area contributed by atoms with E-state index in [0.29, 0.717) is 0 Å². The Morgan fingerprint density at radius 1 is 1.11 bits per heavy atom. The first-order valence-corrected chi connectivity index (χ1v) is 6.55. The summed E-state index contributed by atoms with van der Waals surface area (Å²) in [5, 5.41) is 4.67. The minimum Gasteiger partial charge on any atom is -0.370 e. The third-order valence-electron chi connectivity index (χ3n) is 3.26. The van der Waals surface area contributed by atoms with Crippen molar-refractivity contribution in [2.24, 2.45) is 0 Å². The number of nitrogens with zero attached hydrogens (tertiary/aromatic N) is 1. The van der Waals surface area contributed by atoms with Gasteiger partial charge in [0, 0.05) is 29.3 Å². The molecule has 96 valence electrons. The van der Waals surface area contributed by atoms with Gasteiger partial charge in [-0.3, -0.25) is 0 Å². The maximum atomic E-state index is 4.44. The van der Waals surface area contributed by atoms with E-state index >= 15 is 0 Å². The Labute approximate surface area is 112 Å². The average Bonchev–Trinajstić information content (AvgIpc) is 2.83. The van der Waals surface area contributed by atoms with Crippen molar-refractivity contribution in [2.75, 3.05) is 11.9 Å². The molecule has 0 saturated carbocycles. The van der Waals surface area contributed by atoms with Crippen molar-refractivity contribution < 1.29 is 0 Å². The number of rotatable bonds is 4. The Hall–Kier alpha value is -2.29. The van der Waals surface area contributed by atoms with Crippen LogP contribution in [0.2, 0.25) is 0 Å². The molecule has 0 spiro atoms. The topological polar surface area (TPSA) is 40.7 Å². The first-order valence-electron chi connectivity index (χ1n) is 6.55. The lowest BCUT2D eigenvalue weighted by Crippen LogP contribution is -2.06. The number of aryl methyl sites for hydroxylation is 1. The number of pyridine rings is 1. The van der Waals surface area contributed by atoms with E-state index in [9.17, 15) is 0 Å². The third-order valence-corrected chi connectivity index (χ3v) is 3.26. The van der Waals surface area contributed by atoms with Gasteiger partial charge in [-0.25, -0.2) is 4.98 Å². The standard InChI is InChI=1S/C16H17N3/c1-12-5-4-8-16(19-12)17-10-9-13-11-18-15-7-3-2-6-14(13)15/h2-8,11,18H,9-10H2,1H3,(H,17,19). The lowest BCUT2D eigenvalue weighted by Gasteiger charge is -2.05. The van der Waals surface area contributed by atoms with Gasteiger partial charge in [-0.2, -0.15) is 0 Å². The molecule has 0 aliphatic rings. The van der Waals surface area contributed by atoms with Crippen LogP contribution in [-0.4, -0.2) is 16.5 Å². The molecule has 0 bridgehead atoms. The van der Waals surface area contributed by atoms with Crippen LogP contribution in [0.1, 0.15) is 11.3 Å². The molecule has 0 saturated heterocycles. The second-order valence-electron chi connectivity index (χ2n) is 4.70. The number of aromatic nitrogens is 2. The summed E-state index contributed by atoms with van der Waals surface area (Å²) in [5.41, 5.74) is 3.58. The molecule has 3 heteroatoms. The van der Waals surface area contributed by atoms with Gasteiger partial charge in [0.25, 0.3) is 0 Å². The van der Waals surface area contributed by atoms with E-state index in [1.165, 1.54) is 16.5 Å². The summed E-state index contributed by atoms with van der Waals surface area (Å²) in [4.78, 5) is 7.74. The van der Waals surface area contributed by atoms with Gasteiger partial charge in [-0.05, 0) is 37.1 Å². The molecule has 2 heterocycles. The van der Waals surface area contributed by atoms with E-state index in [1.807, 2.05) is 25.1 Å². The molecule has 0 fully saturated rings. The first kappa shape index (κ1) is 11.8. The smallest absolute Gasteiger partial charge is 0.126 e. The van der Waals surface area contributed by atoms with Crippen molar-refractivity contribution in [1.29, 1.82) is 0 Å². The maximum absolute atomic E-state index is 4.44. The highest BCUT2D eigenvalue weighted by Crippen LogP contribution is 2.18. The molecule has 2 N–H and O–H groups in total. The predicted octanol–water partition coefficient (Wildman–Crippen LogP) is 3.53. The first-order chi connectivity index (χ1) is 9.33. The summed E-state index contributed by atoms with van der Waals surface area (Å²) in [7, 11) is 0. The van der Waals surface area contributed by atoms with Crippen LogP contribution in [0, 0.1) is 6.92 Å². The van der Waals surface area contributed by atoms with Crippen LogP contribution in [0.25, 0.3) is 10.9 Å². The van der Waals surface area contributed by atoms with Gasteiger partial charge in [0.2, 0.25) is 0 Å². The van der Waals surface area contributed by atoms with Crippen LogP contribution in [0.5, 0.6) is 0 Å². The van der Waals surface area contributed by atoms with Crippen LogP contribution >= 0.6 is 0 Å². The minimum atomic E-state index is 0.887.